The molecule has 2 aliphatic rings. The molecule has 3 rings (SSSR count). The SMILES string of the molecule is CN1C2CCC1CN(c1c(N)cccc1C(N)=O)CC2. The molecule has 1 aromatic rings. The number of benzene rings is 1. The number of carbonyl (C=O) groups excluding carboxylic acids is 1. The minimum atomic E-state index is -0.407. The first-order valence-corrected chi connectivity index (χ1v) is 7.23. The molecular weight excluding hydrogens is 252 g/mol. The first-order chi connectivity index (χ1) is 9.58. The van der Waals surface area contributed by atoms with Crippen LogP contribution in [0.4, 0.5) is 11.4 Å². The van der Waals surface area contributed by atoms with Crippen molar-refractivity contribution in [3.05, 3.63) is 23.8 Å². The Morgan fingerprint density at radius 2 is 2.00 bits per heavy atom. The second-order valence-corrected chi connectivity index (χ2v) is 5.89. The normalized spacial score (nSPS) is 26.6. The number of nitrogen functional groups attached to an aromatic ring is 1. The zero-order valence-corrected chi connectivity index (χ0v) is 11.9. The average molecular weight is 274 g/mol. The van der Waals surface area contributed by atoms with Gasteiger partial charge in [-0.15, -0.1) is 0 Å². The maximum absolute atomic E-state index is 11.7. The number of nitrogens with two attached hydrogens (primary N) is 2. The van der Waals surface area contributed by atoms with Crippen molar-refractivity contribution < 1.29 is 4.79 Å². The van der Waals surface area contributed by atoms with E-state index in [1.807, 2.05) is 6.07 Å². The van der Waals surface area contributed by atoms with Crippen LogP contribution in [0.3, 0.4) is 0 Å². The van der Waals surface area contributed by atoms with E-state index in [9.17, 15) is 4.79 Å². The molecule has 0 saturated carbocycles. The molecule has 0 radical (unpaired) electrons. The summed E-state index contributed by atoms with van der Waals surface area (Å²) in [5.41, 5.74) is 13.6. The van der Waals surface area contributed by atoms with Gasteiger partial charge >= 0.3 is 0 Å². The van der Waals surface area contributed by atoms with E-state index in [-0.39, 0.29) is 0 Å². The van der Waals surface area contributed by atoms with E-state index in [1.165, 1.54) is 12.8 Å². The van der Waals surface area contributed by atoms with E-state index in [2.05, 4.69) is 16.8 Å². The number of primary amides is 1. The first kappa shape index (κ1) is 13.2. The molecule has 108 valence electrons. The van der Waals surface area contributed by atoms with Crippen LogP contribution in [0.25, 0.3) is 0 Å². The molecule has 2 fully saturated rings. The fraction of sp³-hybridized carbons (Fsp3) is 0.533. The lowest BCUT2D eigenvalue weighted by Gasteiger charge is -2.29. The van der Waals surface area contributed by atoms with Crippen molar-refractivity contribution in [2.75, 3.05) is 30.8 Å². The van der Waals surface area contributed by atoms with E-state index in [1.54, 1.807) is 12.1 Å². The van der Waals surface area contributed by atoms with E-state index in [0.29, 0.717) is 23.3 Å². The zero-order valence-electron chi connectivity index (χ0n) is 11.9. The third kappa shape index (κ3) is 2.12. The van der Waals surface area contributed by atoms with Crippen molar-refractivity contribution in [3.8, 4) is 0 Å². The molecule has 0 spiro atoms. The third-order valence-corrected chi connectivity index (χ3v) is 4.80. The van der Waals surface area contributed by atoms with Crippen molar-refractivity contribution in [3.63, 3.8) is 0 Å². The highest BCUT2D eigenvalue weighted by Crippen LogP contribution is 2.34. The van der Waals surface area contributed by atoms with Gasteiger partial charge in [0.05, 0.1) is 16.9 Å². The monoisotopic (exact) mass is 274 g/mol. The molecule has 1 aromatic carbocycles. The highest BCUT2D eigenvalue weighted by Gasteiger charge is 2.35. The van der Waals surface area contributed by atoms with Gasteiger partial charge < -0.3 is 16.4 Å². The van der Waals surface area contributed by atoms with Gasteiger partial charge in [-0.3, -0.25) is 9.69 Å². The lowest BCUT2D eigenvalue weighted by Crippen LogP contribution is -2.37. The molecule has 2 heterocycles. The van der Waals surface area contributed by atoms with Crippen LogP contribution < -0.4 is 16.4 Å². The second kappa shape index (κ2) is 4.98. The largest absolute Gasteiger partial charge is 0.397 e. The number of para-hydroxylation sites is 1. The highest BCUT2D eigenvalue weighted by atomic mass is 16.1. The number of carbonyl (C=O) groups is 1. The molecule has 2 aliphatic heterocycles. The summed E-state index contributed by atoms with van der Waals surface area (Å²) in [4.78, 5) is 16.4. The minimum Gasteiger partial charge on any atom is -0.397 e. The lowest BCUT2D eigenvalue weighted by atomic mass is 10.0. The number of hydrogen-bond donors (Lipinski definition) is 2. The Kier molecular flexibility index (Phi) is 3.30. The molecule has 5 heteroatoms. The summed E-state index contributed by atoms with van der Waals surface area (Å²) in [5.74, 6) is -0.407. The fourth-order valence-corrected chi connectivity index (χ4v) is 3.62. The number of likely N-dealkylation sites (N-methyl/N-ethyl adjacent to an activating group) is 1. The molecule has 1 amide bonds. The summed E-state index contributed by atoms with van der Waals surface area (Å²) >= 11 is 0. The van der Waals surface area contributed by atoms with Gasteiger partial charge in [-0.2, -0.15) is 0 Å². The molecule has 5 nitrogen and oxygen atoms in total. The molecule has 2 bridgehead atoms. The van der Waals surface area contributed by atoms with Crippen LogP contribution in [0.1, 0.15) is 29.6 Å². The number of anilines is 2. The molecule has 2 atom stereocenters. The predicted octanol–water partition coefficient (Wildman–Crippen LogP) is 1.04. The Hall–Kier alpha value is -1.75. The Bertz CT molecular complexity index is 531. The molecule has 2 saturated heterocycles. The average Bonchev–Trinajstić information content (AvgIpc) is 2.64. The zero-order chi connectivity index (χ0) is 14.3. The molecule has 4 N–H and O–H groups in total. The van der Waals surface area contributed by atoms with Gasteiger partial charge in [0.1, 0.15) is 0 Å². The molecule has 20 heavy (non-hydrogen) atoms. The molecule has 2 unspecified atom stereocenters. The van der Waals surface area contributed by atoms with Gasteiger partial charge in [-0.25, -0.2) is 0 Å². The number of rotatable bonds is 2. The van der Waals surface area contributed by atoms with Gasteiger partial charge in [-0.05, 0) is 38.4 Å². The molecule has 0 aromatic heterocycles. The van der Waals surface area contributed by atoms with Crippen molar-refractivity contribution >= 4 is 17.3 Å². The maximum Gasteiger partial charge on any atom is 0.250 e. The quantitative estimate of drug-likeness (QED) is 0.790. The lowest BCUT2D eigenvalue weighted by molar-refractivity contribution is 0.100. The minimum absolute atomic E-state index is 0.407. The molecular formula is C15H22N4O. The summed E-state index contributed by atoms with van der Waals surface area (Å²) in [5, 5.41) is 0. The third-order valence-electron chi connectivity index (χ3n) is 4.80. The second-order valence-electron chi connectivity index (χ2n) is 5.89. The van der Waals surface area contributed by atoms with Crippen LogP contribution in [0.15, 0.2) is 18.2 Å². The smallest absolute Gasteiger partial charge is 0.250 e. The summed E-state index contributed by atoms with van der Waals surface area (Å²) in [7, 11) is 2.20. The maximum atomic E-state index is 11.7. The summed E-state index contributed by atoms with van der Waals surface area (Å²) in [6.07, 6.45) is 3.61. The number of nitrogens with zero attached hydrogens (tertiary/aromatic N) is 2. The van der Waals surface area contributed by atoms with E-state index >= 15 is 0 Å². The van der Waals surface area contributed by atoms with Crippen LogP contribution in [-0.2, 0) is 0 Å². The van der Waals surface area contributed by atoms with Gasteiger partial charge in [0, 0.05) is 25.2 Å². The molecule has 0 aliphatic carbocycles. The Morgan fingerprint density at radius 3 is 2.75 bits per heavy atom. The number of amides is 1. The van der Waals surface area contributed by atoms with Gasteiger partial charge in [0.15, 0.2) is 0 Å². The standard InChI is InChI=1S/C15H22N4O/c1-18-10-5-6-11(18)9-19(8-7-10)14-12(15(17)20)3-2-4-13(14)16/h2-4,10-11H,5-9,16H2,1H3,(H2,17,20). The Balaban J connectivity index is 1.95. The van der Waals surface area contributed by atoms with E-state index in [0.717, 1.165) is 25.2 Å². The first-order valence-electron chi connectivity index (χ1n) is 7.23. The van der Waals surface area contributed by atoms with Crippen LogP contribution in [0.2, 0.25) is 0 Å². The van der Waals surface area contributed by atoms with Crippen molar-refractivity contribution in [1.29, 1.82) is 0 Å². The summed E-state index contributed by atoms with van der Waals surface area (Å²) in [6, 6.07) is 6.60. The van der Waals surface area contributed by atoms with Crippen molar-refractivity contribution in [2.24, 2.45) is 5.73 Å². The van der Waals surface area contributed by atoms with Crippen LogP contribution in [0, 0.1) is 0 Å². The highest BCUT2D eigenvalue weighted by molar-refractivity contribution is 6.01. The van der Waals surface area contributed by atoms with Gasteiger partial charge in [-0.1, -0.05) is 6.07 Å². The van der Waals surface area contributed by atoms with Crippen molar-refractivity contribution in [1.82, 2.24) is 4.90 Å². The number of fused-ring (bicyclic) bond motifs is 2. The van der Waals surface area contributed by atoms with Crippen LogP contribution in [0.5, 0.6) is 0 Å². The Morgan fingerprint density at radius 1 is 1.25 bits per heavy atom. The van der Waals surface area contributed by atoms with Gasteiger partial charge in [0.2, 0.25) is 0 Å². The van der Waals surface area contributed by atoms with E-state index in [4.69, 9.17) is 11.5 Å². The van der Waals surface area contributed by atoms with Crippen LogP contribution in [-0.4, -0.2) is 43.0 Å². The summed E-state index contributed by atoms with van der Waals surface area (Å²) in [6.45, 7) is 1.85. The Labute approximate surface area is 119 Å². The fourth-order valence-electron chi connectivity index (χ4n) is 3.62. The van der Waals surface area contributed by atoms with Crippen molar-refractivity contribution in [2.45, 2.75) is 31.3 Å². The number of hydrogen-bond acceptors (Lipinski definition) is 4. The topological polar surface area (TPSA) is 75.6 Å². The predicted molar refractivity (Wildman–Crippen MR) is 80.8 cm³/mol. The van der Waals surface area contributed by atoms with Gasteiger partial charge in [0.25, 0.3) is 5.91 Å². The van der Waals surface area contributed by atoms with Crippen LogP contribution >= 0.6 is 0 Å². The summed E-state index contributed by atoms with van der Waals surface area (Å²) < 4.78 is 0. The van der Waals surface area contributed by atoms with E-state index < -0.39 is 5.91 Å².